The summed E-state index contributed by atoms with van der Waals surface area (Å²) in [6, 6.07) is 8.63. The maximum atomic E-state index is 12.9. The molecule has 184 valence electrons. The van der Waals surface area contributed by atoms with E-state index in [2.05, 4.69) is 11.3 Å². The third-order valence-electron chi connectivity index (χ3n) is 5.14. The van der Waals surface area contributed by atoms with Crippen LogP contribution in [-0.2, 0) is 14.8 Å². The summed E-state index contributed by atoms with van der Waals surface area (Å²) in [4.78, 5) is 14.7. The van der Waals surface area contributed by atoms with Gasteiger partial charge in [-0.1, -0.05) is 44.7 Å². The lowest BCUT2D eigenvalue weighted by atomic mass is 10.1. The first-order valence-electron chi connectivity index (χ1n) is 11.3. The summed E-state index contributed by atoms with van der Waals surface area (Å²) in [6.07, 6.45) is 7.43. The van der Waals surface area contributed by atoms with Crippen molar-refractivity contribution in [2.24, 2.45) is 4.40 Å². The number of sulfonamides is 1. The minimum absolute atomic E-state index is 0.146. The first-order chi connectivity index (χ1) is 16.4. The van der Waals surface area contributed by atoms with Crippen LogP contribution in [0.15, 0.2) is 49.2 Å². The van der Waals surface area contributed by atoms with Gasteiger partial charge in [-0.2, -0.15) is 8.42 Å². The van der Waals surface area contributed by atoms with Crippen molar-refractivity contribution < 1.29 is 22.7 Å². The lowest BCUT2D eigenvalue weighted by Gasteiger charge is -2.12. The lowest BCUT2D eigenvalue weighted by molar-refractivity contribution is -0.122. The summed E-state index contributed by atoms with van der Waals surface area (Å²) in [6.45, 7) is 4.88. The molecule has 1 aliphatic heterocycles. The second-order valence-corrected chi connectivity index (χ2v) is 11.4. The van der Waals surface area contributed by atoms with Gasteiger partial charge in [0.1, 0.15) is 4.21 Å². The molecule has 0 N–H and O–H groups in total. The number of rotatable bonds is 12. The van der Waals surface area contributed by atoms with Crippen LogP contribution in [0.4, 0.5) is 0 Å². The van der Waals surface area contributed by atoms with Gasteiger partial charge in [0.25, 0.3) is 15.9 Å². The van der Waals surface area contributed by atoms with Crippen LogP contribution in [0, 0.1) is 0 Å². The summed E-state index contributed by atoms with van der Waals surface area (Å²) < 4.78 is 40.7. The minimum Gasteiger partial charge on any atom is -0.493 e. The Morgan fingerprint density at radius 3 is 2.56 bits per heavy atom. The predicted molar refractivity (Wildman–Crippen MR) is 139 cm³/mol. The molecule has 0 unspecified atom stereocenters. The first kappa shape index (κ1) is 26.3. The zero-order chi connectivity index (χ0) is 24.6. The standard InChI is InChI=1S/C24H30N2O5S3/c1-4-6-7-8-9-14-31-20-16-18(12-13-19(20)30-3)17-21-23(27)26(5-2)24(33-21)25-34(28,29)22-11-10-15-32-22/h10-13,15-17H,4-9,14H2,1-3H3/b21-17-,25-24+. The average molecular weight is 523 g/mol. The Kier molecular flexibility index (Phi) is 9.61. The number of benzene rings is 1. The molecule has 1 aliphatic rings. The van der Waals surface area contributed by atoms with Crippen LogP contribution >= 0.6 is 23.1 Å². The molecule has 0 spiro atoms. The molecule has 10 heteroatoms. The van der Waals surface area contributed by atoms with Crippen LogP contribution in [0.3, 0.4) is 0 Å². The molecule has 0 atom stereocenters. The van der Waals surface area contributed by atoms with E-state index in [1.165, 1.54) is 30.2 Å². The quantitative estimate of drug-likeness (QED) is 0.259. The van der Waals surface area contributed by atoms with E-state index in [4.69, 9.17) is 9.47 Å². The second-order valence-electron chi connectivity index (χ2n) is 7.61. The van der Waals surface area contributed by atoms with Crippen molar-refractivity contribution in [3.05, 3.63) is 46.2 Å². The summed E-state index contributed by atoms with van der Waals surface area (Å²) in [5.74, 6) is 0.965. The number of ether oxygens (including phenoxy) is 2. The van der Waals surface area contributed by atoms with Gasteiger partial charge in [0.2, 0.25) is 0 Å². The highest BCUT2D eigenvalue weighted by Gasteiger charge is 2.34. The minimum atomic E-state index is -3.87. The zero-order valence-electron chi connectivity index (χ0n) is 19.7. The zero-order valence-corrected chi connectivity index (χ0v) is 22.1. The van der Waals surface area contributed by atoms with Crippen molar-refractivity contribution in [2.45, 2.75) is 50.2 Å². The van der Waals surface area contributed by atoms with Crippen LogP contribution in [0.25, 0.3) is 6.08 Å². The van der Waals surface area contributed by atoms with Gasteiger partial charge in [-0.15, -0.1) is 15.7 Å². The smallest absolute Gasteiger partial charge is 0.294 e. The van der Waals surface area contributed by atoms with E-state index in [9.17, 15) is 13.2 Å². The largest absolute Gasteiger partial charge is 0.493 e. The summed E-state index contributed by atoms with van der Waals surface area (Å²) in [5, 5.41) is 1.83. The van der Waals surface area contributed by atoms with Crippen molar-refractivity contribution in [3.8, 4) is 11.5 Å². The SMILES string of the molecule is CCCCCCCOc1cc(/C=C2\S/C(=N/S(=O)(=O)c3cccs3)N(CC)C2=O)ccc1OC. The number of carbonyl (C=O) groups is 1. The molecule has 0 saturated carbocycles. The van der Waals surface area contributed by atoms with E-state index < -0.39 is 10.0 Å². The summed E-state index contributed by atoms with van der Waals surface area (Å²) in [5.41, 5.74) is 0.760. The van der Waals surface area contributed by atoms with Crippen LogP contribution in [-0.4, -0.2) is 44.7 Å². The van der Waals surface area contributed by atoms with Gasteiger partial charge in [-0.05, 0) is 60.3 Å². The van der Waals surface area contributed by atoms with E-state index in [1.807, 2.05) is 12.1 Å². The molecular weight excluding hydrogens is 492 g/mol. The molecule has 1 aromatic heterocycles. The van der Waals surface area contributed by atoms with Gasteiger partial charge in [-0.3, -0.25) is 9.69 Å². The number of thioether (sulfide) groups is 1. The normalized spacial score (nSPS) is 16.6. The number of likely N-dealkylation sites (N-methyl/N-ethyl adjacent to an activating group) is 1. The monoisotopic (exact) mass is 522 g/mol. The molecule has 34 heavy (non-hydrogen) atoms. The van der Waals surface area contributed by atoms with Crippen molar-refractivity contribution in [1.82, 2.24) is 4.90 Å². The fourth-order valence-corrected chi connectivity index (χ4v) is 6.56. The molecule has 0 aliphatic carbocycles. The maximum absolute atomic E-state index is 12.9. The van der Waals surface area contributed by atoms with E-state index in [-0.39, 0.29) is 15.3 Å². The Hall–Kier alpha value is -2.30. The van der Waals surface area contributed by atoms with Gasteiger partial charge in [0.15, 0.2) is 16.7 Å². The van der Waals surface area contributed by atoms with Gasteiger partial charge in [0.05, 0.1) is 18.6 Å². The molecule has 7 nitrogen and oxygen atoms in total. The number of amidine groups is 1. The Morgan fingerprint density at radius 2 is 1.88 bits per heavy atom. The van der Waals surface area contributed by atoms with Gasteiger partial charge >= 0.3 is 0 Å². The number of thiophene rings is 1. The molecule has 0 bridgehead atoms. The van der Waals surface area contributed by atoms with E-state index in [1.54, 1.807) is 37.6 Å². The van der Waals surface area contributed by atoms with Crippen molar-refractivity contribution in [2.75, 3.05) is 20.3 Å². The van der Waals surface area contributed by atoms with Gasteiger partial charge in [0, 0.05) is 6.54 Å². The van der Waals surface area contributed by atoms with E-state index >= 15 is 0 Å². The number of carbonyl (C=O) groups excluding carboxylic acids is 1. The van der Waals surface area contributed by atoms with Crippen molar-refractivity contribution in [1.29, 1.82) is 0 Å². The lowest BCUT2D eigenvalue weighted by Crippen LogP contribution is -2.29. The van der Waals surface area contributed by atoms with Crippen molar-refractivity contribution >= 4 is 50.3 Å². The third-order valence-corrected chi connectivity index (χ3v) is 8.90. The second kappa shape index (κ2) is 12.4. The summed E-state index contributed by atoms with van der Waals surface area (Å²) >= 11 is 2.15. The Labute approximate surface area is 209 Å². The third kappa shape index (κ3) is 6.64. The number of nitrogens with zero attached hydrogens (tertiary/aromatic N) is 2. The van der Waals surface area contributed by atoms with Crippen LogP contribution < -0.4 is 9.47 Å². The van der Waals surface area contributed by atoms with E-state index in [0.29, 0.717) is 29.6 Å². The number of amides is 1. The van der Waals surface area contributed by atoms with Crippen LogP contribution in [0.2, 0.25) is 0 Å². The Balaban J connectivity index is 1.79. The van der Waals surface area contributed by atoms with Crippen molar-refractivity contribution in [3.63, 3.8) is 0 Å². The highest BCUT2D eigenvalue weighted by atomic mass is 32.2. The molecule has 0 radical (unpaired) electrons. The first-order valence-corrected chi connectivity index (χ1v) is 14.4. The van der Waals surface area contributed by atoms with E-state index in [0.717, 1.165) is 41.5 Å². The van der Waals surface area contributed by atoms with Crippen LogP contribution in [0.5, 0.6) is 11.5 Å². The molecule has 1 aromatic carbocycles. The topological polar surface area (TPSA) is 85.3 Å². The molecule has 3 rings (SSSR count). The number of hydrogen-bond donors (Lipinski definition) is 0. The molecular formula is C24H30N2O5S3. The molecule has 1 amide bonds. The number of unbranched alkanes of at least 4 members (excludes halogenated alkanes) is 4. The molecule has 2 heterocycles. The predicted octanol–water partition coefficient (Wildman–Crippen LogP) is 5.79. The highest BCUT2D eigenvalue weighted by molar-refractivity contribution is 8.19. The summed E-state index contributed by atoms with van der Waals surface area (Å²) in [7, 11) is -2.28. The fraction of sp³-hybridized carbons (Fsp3) is 0.417. The average Bonchev–Trinajstić information content (AvgIpc) is 3.45. The fourth-order valence-electron chi connectivity index (χ4n) is 3.35. The van der Waals surface area contributed by atoms with Gasteiger partial charge < -0.3 is 9.47 Å². The molecule has 1 fully saturated rings. The Morgan fingerprint density at radius 1 is 1.09 bits per heavy atom. The highest BCUT2D eigenvalue weighted by Crippen LogP contribution is 2.35. The van der Waals surface area contributed by atoms with Crippen LogP contribution in [0.1, 0.15) is 51.5 Å². The van der Waals surface area contributed by atoms with Gasteiger partial charge in [-0.25, -0.2) is 0 Å². The molecule has 2 aromatic rings. The maximum Gasteiger partial charge on any atom is 0.294 e. The number of methoxy groups -OCH3 is 1. The number of hydrogen-bond acceptors (Lipinski definition) is 7. The molecule has 1 saturated heterocycles. The Bertz CT molecular complexity index is 1140.